The second kappa shape index (κ2) is 5.76. The molecule has 2 aromatic carbocycles. The summed E-state index contributed by atoms with van der Waals surface area (Å²) < 4.78 is 4.61. The molecule has 0 atom stereocenters. The van der Waals surface area contributed by atoms with E-state index in [2.05, 4.69) is 9.61 Å². The fourth-order valence-electron chi connectivity index (χ4n) is 1.49. The van der Waals surface area contributed by atoms with E-state index >= 15 is 0 Å². The molecule has 2 aromatic rings. The van der Waals surface area contributed by atoms with Crippen molar-refractivity contribution in [3.05, 3.63) is 59.1 Å². The van der Waals surface area contributed by atoms with Gasteiger partial charge in [-0.1, -0.05) is 35.9 Å². The molecule has 0 heterocycles. The van der Waals surface area contributed by atoms with Crippen LogP contribution >= 0.6 is 23.5 Å². The average Bonchev–Trinajstić information content (AvgIpc) is 2.39. The lowest BCUT2D eigenvalue weighted by Gasteiger charge is -2.08. The first-order valence-corrected chi connectivity index (χ1v) is 5.84. The van der Waals surface area contributed by atoms with Gasteiger partial charge in [0.25, 0.3) is 5.91 Å². The predicted octanol–water partition coefficient (Wildman–Crippen LogP) is 4.12. The van der Waals surface area contributed by atoms with Crippen molar-refractivity contribution in [2.24, 2.45) is 0 Å². The molecule has 5 heteroatoms. The molecule has 0 spiro atoms. The van der Waals surface area contributed by atoms with Gasteiger partial charge in [0.2, 0.25) is 0 Å². The van der Waals surface area contributed by atoms with Gasteiger partial charge in [-0.2, -0.15) is 0 Å². The van der Waals surface area contributed by atoms with E-state index in [0.717, 1.165) is 0 Å². The number of halogens is 2. The summed E-state index contributed by atoms with van der Waals surface area (Å²) >= 11 is 11.2. The van der Waals surface area contributed by atoms with Crippen LogP contribution in [0.2, 0.25) is 5.02 Å². The van der Waals surface area contributed by atoms with Crippen molar-refractivity contribution < 1.29 is 9.08 Å². The summed E-state index contributed by atoms with van der Waals surface area (Å²) in [7, 11) is 0. The lowest BCUT2D eigenvalue weighted by atomic mass is 10.2. The van der Waals surface area contributed by atoms with Crippen molar-refractivity contribution >= 4 is 35.1 Å². The first kappa shape index (κ1) is 12.7. The standard InChI is InChI=1S/C13H9Cl2NO2/c14-11-8-4-7-10(12(11)18-15)13(17)16-9-5-2-1-3-6-9/h1-8H,(H,16,17). The van der Waals surface area contributed by atoms with E-state index in [0.29, 0.717) is 5.69 Å². The summed E-state index contributed by atoms with van der Waals surface area (Å²) in [6.45, 7) is 0. The molecule has 0 fully saturated rings. The summed E-state index contributed by atoms with van der Waals surface area (Å²) in [4.78, 5) is 12.0. The van der Waals surface area contributed by atoms with Crippen molar-refractivity contribution in [2.45, 2.75) is 0 Å². The number of benzene rings is 2. The van der Waals surface area contributed by atoms with Crippen LogP contribution in [-0.2, 0) is 0 Å². The van der Waals surface area contributed by atoms with Gasteiger partial charge in [0.05, 0.1) is 10.6 Å². The Morgan fingerprint density at radius 2 is 1.78 bits per heavy atom. The Labute approximate surface area is 114 Å². The minimum atomic E-state index is -0.334. The molecule has 0 aliphatic carbocycles. The van der Waals surface area contributed by atoms with Crippen LogP contribution in [0.3, 0.4) is 0 Å². The van der Waals surface area contributed by atoms with Crippen molar-refractivity contribution in [1.29, 1.82) is 0 Å². The van der Waals surface area contributed by atoms with Crippen molar-refractivity contribution in [3.63, 3.8) is 0 Å². The molecule has 92 valence electrons. The smallest absolute Gasteiger partial charge is 0.259 e. The van der Waals surface area contributed by atoms with Gasteiger partial charge in [0.1, 0.15) is 11.9 Å². The Morgan fingerprint density at radius 1 is 1.06 bits per heavy atom. The highest BCUT2D eigenvalue weighted by Gasteiger charge is 2.15. The Hall–Kier alpha value is -1.71. The van der Waals surface area contributed by atoms with Gasteiger partial charge >= 0.3 is 0 Å². The Bertz CT molecular complexity index is 558. The highest BCUT2D eigenvalue weighted by molar-refractivity contribution is 6.33. The molecule has 0 aromatic heterocycles. The SMILES string of the molecule is O=C(Nc1ccccc1)c1cccc(Cl)c1OCl. The maximum Gasteiger partial charge on any atom is 0.259 e. The predicted molar refractivity (Wildman–Crippen MR) is 72.3 cm³/mol. The number of hydrogen-bond acceptors (Lipinski definition) is 2. The highest BCUT2D eigenvalue weighted by atomic mass is 35.5. The van der Waals surface area contributed by atoms with Crippen LogP contribution in [0.15, 0.2) is 48.5 Å². The van der Waals surface area contributed by atoms with E-state index in [1.54, 1.807) is 30.3 Å². The van der Waals surface area contributed by atoms with Crippen LogP contribution < -0.4 is 9.61 Å². The van der Waals surface area contributed by atoms with E-state index in [4.69, 9.17) is 23.5 Å². The van der Waals surface area contributed by atoms with Crippen LogP contribution in [0.25, 0.3) is 0 Å². The highest BCUT2D eigenvalue weighted by Crippen LogP contribution is 2.30. The zero-order chi connectivity index (χ0) is 13.0. The lowest BCUT2D eigenvalue weighted by molar-refractivity contribution is 0.102. The van der Waals surface area contributed by atoms with Crippen LogP contribution in [-0.4, -0.2) is 5.91 Å². The largest absolute Gasteiger partial charge is 0.383 e. The monoisotopic (exact) mass is 281 g/mol. The summed E-state index contributed by atoms with van der Waals surface area (Å²) in [5.74, 6) is -0.186. The second-order valence-corrected chi connectivity index (χ2v) is 4.08. The maximum absolute atomic E-state index is 12.0. The normalized spacial score (nSPS) is 9.89. The Balaban J connectivity index is 2.27. The van der Waals surface area contributed by atoms with Crippen molar-refractivity contribution in [1.82, 2.24) is 0 Å². The van der Waals surface area contributed by atoms with Crippen molar-refractivity contribution in [2.75, 3.05) is 5.32 Å². The van der Waals surface area contributed by atoms with E-state index in [1.165, 1.54) is 0 Å². The molecule has 0 unspecified atom stereocenters. The number of hydrogen-bond donors (Lipinski definition) is 1. The van der Waals surface area contributed by atoms with Gasteiger partial charge in [-0.3, -0.25) is 4.79 Å². The third kappa shape index (κ3) is 2.75. The molecule has 1 N–H and O–H groups in total. The molecule has 0 aliphatic heterocycles. The molecule has 3 nitrogen and oxygen atoms in total. The average molecular weight is 282 g/mol. The van der Waals surface area contributed by atoms with Gasteiger partial charge in [-0.05, 0) is 24.3 Å². The quantitative estimate of drug-likeness (QED) is 0.919. The number of amides is 1. The molecular weight excluding hydrogens is 273 g/mol. The second-order valence-electron chi connectivity index (χ2n) is 3.51. The third-order valence-corrected chi connectivity index (χ3v) is 2.77. The number of para-hydroxylation sites is 2. The van der Waals surface area contributed by atoms with Crippen LogP contribution in [0.5, 0.6) is 5.75 Å². The topological polar surface area (TPSA) is 38.3 Å². The molecule has 0 saturated heterocycles. The lowest BCUT2D eigenvalue weighted by Crippen LogP contribution is -2.12. The van der Waals surface area contributed by atoms with Crippen LogP contribution in [0.4, 0.5) is 5.69 Å². The fourth-order valence-corrected chi connectivity index (χ4v) is 1.90. The Morgan fingerprint density at radius 3 is 2.44 bits per heavy atom. The zero-order valence-corrected chi connectivity index (χ0v) is 10.7. The third-order valence-electron chi connectivity index (χ3n) is 2.32. The first-order valence-electron chi connectivity index (χ1n) is 5.16. The molecule has 2 rings (SSSR count). The molecular formula is C13H9Cl2NO2. The first-order chi connectivity index (χ1) is 8.72. The number of anilines is 1. The number of nitrogens with one attached hydrogen (secondary N) is 1. The van der Waals surface area contributed by atoms with E-state index in [1.807, 2.05) is 18.2 Å². The van der Waals surface area contributed by atoms with E-state index in [9.17, 15) is 4.79 Å². The number of carbonyl (C=O) groups excluding carboxylic acids is 1. The number of rotatable bonds is 3. The van der Waals surface area contributed by atoms with E-state index < -0.39 is 0 Å². The molecule has 0 aliphatic rings. The zero-order valence-electron chi connectivity index (χ0n) is 9.19. The molecule has 0 radical (unpaired) electrons. The van der Waals surface area contributed by atoms with Gasteiger partial charge in [0, 0.05) is 5.69 Å². The molecule has 1 amide bonds. The van der Waals surface area contributed by atoms with Gasteiger partial charge < -0.3 is 9.61 Å². The summed E-state index contributed by atoms with van der Waals surface area (Å²) in [6, 6.07) is 13.9. The van der Waals surface area contributed by atoms with Gasteiger partial charge in [-0.15, -0.1) is 0 Å². The van der Waals surface area contributed by atoms with Gasteiger partial charge in [0.15, 0.2) is 5.75 Å². The molecule has 0 saturated carbocycles. The van der Waals surface area contributed by atoms with Crippen LogP contribution in [0.1, 0.15) is 10.4 Å². The number of carbonyl (C=O) groups is 1. The summed E-state index contributed by atoms with van der Waals surface area (Å²) in [5.41, 5.74) is 0.962. The minimum Gasteiger partial charge on any atom is -0.383 e. The summed E-state index contributed by atoms with van der Waals surface area (Å²) in [6.07, 6.45) is 0. The maximum atomic E-state index is 12.0. The molecule has 18 heavy (non-hydrogen) atoms. The minimum absolute atomic E-state index is 0.147. The summed E-state index contributed by atoms with van der Waals surface area (Å²) in [5, 5.41) is 3.01. The fraction of sp³-hybridized carbons (Fsp3) is 0. The van der Waals surface area contributed by atoms with E-state index in [-0.39, 0.29) is 22.2 Å². The van der Waals surface area contributed by atoms with Crippen LogP contribution in [0, 0.1) is 0 Å². The Kier molecular flexibility index (Phi) is 4.07. The van der Waals surface area contributed by atoms with Crippen molar-refractivity contribution in [3.8, 4) is 5.75 Å². The van der Waals surface area contributed by atoms with Gasteiger partial charge in [-0.25, -0.2) is 0 Å². The molecule has 0 bridgehead atoms.